The number of hydrogen-bond donors (Lipinski definition) is 0. The molecule has 1 rings (SSSR count). The normalized spacial score (nSPS) is 31.3. The quantitative estimate of drug-likeness (QED) is 0.429. The van der Waals surface area contributed by atoms with Gasteiger partial charge < -0.3 is 9.47 Å². The fraction of sp³-hybridized carbons (Fsp3) is 0.750. The van der Waals surface area contributed by atoms with Crippen molar-refractivity contribution in [3.8, 4) is 12.3 Å². The molecule has 0 aliphatic carbocycles. The highest BCUT2D eigenvalue weighted by molar-refractivity contribution is 14.1. The van der Waals surface area contributed by atoms with Crippen LogP contribution >= 0.6 is 22.6 Å². The highest BCUT2D eigenvalue weighted by Crippen LogP contribution is 2.22. The molecule has 1 heterocycles. The molecule has 0 aromatic carbocycles. The molecule has 1 aliphatic rings. The summed E-state index contributed by atoms with van der Waals surface area (Å²) in [5.41, 5.74) is 0. The first-order valence-corrected chi connectivity index (χ1v) is 4.90. The Hall–Kier alpha value is 0.210. The van der Waals surface area contributed by atoms with Gasteiger partial charge in [0.1, 0.15) is 6.61 Å². The lowest BCUT2D eigenvalue weighted by Crippen LogP contribution is -2.32. The van der Waals surface area contributed by atoms with E-state index in [1.165, 1.54) is 0 Å². The molecule has 2 nitrogen and oxygen atoms in total. The topological polar surface area (TPSA) is 18.5 Å². The Morgan fingerprint density at radius 3 is 3.18 bits per heavy atom. The third kappa shape index (κ3) is 2.97. The molecule has 0 spiro atoms. The van der Waals surface area contributed by atoms with E-state index >= 15 is 0 Å². The average Bonchev–Trinajstić information content (AvgIpc) is 2.03. The Bertz CT molecular complexity index is 153. The Kier molecular flexibility index (Phi) is 4.20. The third-order valence-electron chi connectivity index (χ3n) is 1.53. The van der Waals surface area contributed by atoms with Crippen LogP contribution in [-0.2, 0) is 9.47 Å². The van der Waals surface area contributed by atoms with E-state index in [9.17, 15) is 0 Å². The molecule has 1 aliphatic heterocycles. The van der Waals surface area contributed by atoms with Crippen LogP contribution in [0.5, 0.6) is 0 Å². The molecule has 0 N–H and O–H groups in total. The van der Waals surface area contributed by atoms with Gasteiger partial charge in [-0.3, -0.25) is 0 Å². The molecule has 3 heteroatoms. The van der Waals surface area contributed by atoms with Crippen molar-refractivity contribution in [2.75, 3.05) is 13.2 Å². The Morgan fingerprint density at radius 1 is 1.73 bits per heavy atom. The number of rotatable bonds is 2. The summed E-state index contributed by atoms with van der Waals surface area (Å²) in [6, 6.07) is 0. The zero-order chi connectivity index (χ0) is 8.10. The van der Waals surface area contributed by atoms with Crippen molar-refractivity contribution in [3.05, 3.63) is 0 Å². The van der Waals surface area contributed by atoms with Crippen molar-refractivity contribution in [2.45, 2.75) is 23.1 Å². The van der Waals surface area contributed by atoms with Gasteiger partial charge in [0.2, 0.25) is 0 Å². The van der Waals surface area contributed by atoms with Crippen LogP contribution in [0.4, 0.5) is 0 Å². The van der Waals surface area contributed by atoms with Crippen LogP contribution in [0.1, 0.15) is 12.8 Å². The number of hydrogen-bond acceptors (Lipinski definition) is 2. The molecule has 2 unspecified atom stereocenters. The lowest BCUT2D eigenvalue weighted by molar-refractivity contribution is -0.146. The van der Waals surface area contributed by atoms with Crippen molar-refractivity contribution < 1.29 is 9.47 Å². The maximum Gasteiger partial charge on any atom is 0.170 e. The largest absolute Gasteiger partial charge is 0.351 e. The Balaban J connectivity index is 2.25. The van der Waals surface area contributed by atoms with E-state index in [0.717, 1.165) is 19.4 Å². The Labute approximate surface area is 80.8 Å². The zero-order valence-corrected chi connectivity index (χ0v) is 8.41. The first-order chi connectivity index (χ1) is 5.34. The second-order valence-electron chi connectivity index (χ2n) is 2.41. The molecule has 0 aromatic heterocycles. The summed E-state index contributed by atoms with van der Waals surface area (Å²) in [7, 11) is 0. The van der Waals surface area contributed by atoms with Crippen molar-refractivity contribution >= 4 is 22.6 Å². The first-order valence-electron chi connectivity index (χ1n) is 3.65. The zero-order valence-electron chi connectivity index (χ0n) is 6.25. The van der Waals surface area contributed by atoms with E-state index < -0.39 is 0 Å². The van der Waals surface area contributed by atoms with Gasteiger partial charge >= 0.3 is 0 Å². The molecule has 2 atom stereocenters. The third-order valence-corrected chi connectivity index (χ3v) is 2.74. The van der Waals surface area contributed by atoms with Gasteiger partial charge in [-0.1, -0.05) is 28.5 Å². The summed E-state index contributed by atoms with van der Waals surface area (Å²) in [5, 5.41) is 0. The van der Waals surface area contributed by atoms with Crippen LogP contribution in [0.2, 0.25) is 0 Å². The molecule has 1 fully saturated rings. The lowest BCUT2D eigenvalue weighted by atomic mass is 10.2. The van der Waals surface area contributed by atoms with E-state index in [4.69, 9.17) is 15.9 Å². The number of alkyl halides is 1. The van der Waals surface area contributed by atoms with Gasteiger partial charge in [0.15, 0.2) is 6.29 Å². The second-order valence-corrected chi connectivity index (χ2v) is 4.01. The molecule has 0 amide bonds. The predicted molar refractivity (Wildman–Crippen MR) is 51.6 cm³/mol. The summed E-state index contributed by atoms with van der Waals surface area (Å²) in [5.74, 6) is 2.43. The van der Waals surface area contributed by atoms with Gasteiger partial charge in [-0.05, 0) is 12.8 Å². The minimum absolute atomic E-state index is 0.0830. The molecule has 1 saturated heterocycles. The minimum atomic E-state index is -0.0830. The number of halogens is 1. The van der Waals surface area contributed by atoms with E-state index in [0.29, 0.717) is 10.5 Å². The maximum atomic E-state index is 5.37. The summed E-state index contributed by atoms with van der Waals surface area (Å²) < 4.78 is 11.1. The monoisotopic (exact) mass is 266 g/mol. The minimum Gasteiger partial charge on any atom is -0.351 e. The molecule has 0 radical (unpaired) electrons. The molecule has 0 bridgehead atoms. The van der Waals surface area contributed by atoms with Crippen LogP contribution in [0.15, 0.2) is 0 Å². The summed E-state index contributed by atoms with van der Waals surface area (Å²) in [6.45, 7) is 1.15. The molecule has 62 valence electrons. The van der Waals surface area contributed by atoms with Gasteiger partial charge in [0.25, 0.3) is 0 Å². The second kappa shape index (κ2) is 4.96. The van der Waals surface area contributed by atoms with Gasteiger partial charge in [0, 0.05) is 6.61 Å². The van der Waals surface area contributed by atoms with Crippen molar-refractivity contribution in [3.63, 3.8) is 0 Å². The average molecular weight is 266 g/mol. The van der Waals surface area contributed by atoms with Crippen molar-refractivity contribution in [1.29, 1.82) is 0 Å². The van der Waals surface area contributed by atoms with Crippen LogP contribution in [0.25, 0.3) is 0 Å². The van der Waals surface area contributed by atoms with Crippen molar-refractivity contribution in [2.24, 2.45) is 0 Å². The van der Waals surface area contributed by atoms with E-state index in [2.05, 4.69) is 28.5 Å². The fourth-order valence-electron chi connectivity index (χ4n) is 1.00. The van der Waals surface area contributed by atoms with Crippen LogP contribution in [-0.4, -0.2) is 23.4 Å². The molecular formula is C8H11IO2. The van der Waals surface area contributed by atoms with E-state index in [-0.39, 0.29) is 6.29 Å². The van der Waals surface area contributed by atoms with Gasteiger partial charge in [-0.2, -0.15) is 0 Å². The van der Waals surface area contributed by atoms with Crippen molar-refractivity contribution in [1.82, 2.24) is 0 Å². The van der Waals surface area contributed by atoms with Gasteiger partial charge in [0.05, 0.1) is 3.92 Å². The summed E-state index contributed by atoms with van der Waals surface area (Å²) >= 11 is 2.34. The van der Waals surface area contributed by atoms with Gasteiger partial charge in [-0.15, -0.1) is 6.42 Å². The molecule has 0 aromatic rings. The SMILES string of the molecule is C#CCOC1OCCCC1I. The molecule has 11 heavy (non-hydrogen) atoms. The summed E-state index contributed by atoms with van der Waals surface area (Å²) in [6.07, 6.45) is 7.27. The first kappa shape index (κ1) is 9.30. The number of terminal acetylenes is 1. The van der Waals surface area contributed by atoms with Crippen LogP contribution < -0.4 is 0 Å². The summed E-state index contributed by atoms with van der Waals surface area (Å²) in [4.78, 5) is 0. The number of ether oxygens (including phenoxy) is 2. The smallest absolute Gasteiger partial charge is 0.170 e. The van der Waals surface area contributed by atoms with Crippen LogP contribution in [0, 0.1) is 12.3 Å². The molecular weight excluding hydrogens is 255 g/mol. The van der Waals surface area contributed by atoms with E-state index in [1.54, 1.807) is 0 Å². The predicted octanol–water partition coefficient (Wildman–Crippen LogP) is 1.58. The standard InChI is InChI=1S/C8H11IO2/c1-2-5-10-8-7(9)4-3-6-11-8/h1,7-8H,3-6H2. The van der Waals surface area contributed by atoms with Gasteiger partial charge in [-0.25, -0.2) is 0 Å². The Morgan fingerprint density at radius 2 is 2.55 bits per heavy atom. The maximum absolute atomic E-state index is 5.37. The lowest BCUT2D eigenvalue weighted by Gasteiger charge is -2.26. The molecule has 0 saturated carbocycles. The highest BCUT2D eigenvalue weighted by atomic mass is 127. The van der Waals surface area contributed by atoms with Crippen LogP contribution in [0.3, 0.4) is 0 Å². The fourth-order valence-corrected chi connectivity index (χ4v) is 1.86. The van der Waals surface area contributed by atoms with E-state index in [1.807, 2.05) is 0 Å². The highest BCUT2D eigenvalue weighted by Gasteiger charge is 2.23.